The van der Waals surface area contributed by atoms with Gasteiger partial charge in [-0.15, -0.1) is 0 Å². The molecule has 1 fully saturated rings. The quantitative estimate of drug-likeness (QED) is 0.815. The Labute approximate surface area is 157 Å². The maximum absolute atomic E-state index is 12.1. The second kappa shape index (κ2) is 9.59. The van der Waals surface area contributed by atoms with E-state index in [2.05, 4.69) is 19.9 Å². The second-order valence-corrected chi connectivity index (χ2v) is 6.86. The Morgan fingerprint density at radius 2 is 1.96 bits per heavy atom. The Bertz CT molecular complexity index is 649. The number of benzene rings is 1. The fourth-order valence-corrected chi connectivity index (χ4v) is 3.14. The molecule has 0 radical (unpaired) electrons. The van der Waals surface area contributed by atoms with E-state index in [1.807, 2.05) is 27.7 Å². The van der Waals surface area contributed by atoms with Crippen LogP contribution in [0.5, 0.6) is 5.75 Å². The number of rotatable bonds is 1. The van der Waals surface area contributed by atoms with Crippen molar-refractivity contribution < 1.29 is 14.6 Å². The van der Waals surface area contributed by atoms with Crippen molar-refractivity contribution in [2.75, 3.05) is 6.54 Å². The molecule has 2 atom stereocenters. The smallest absolute Gasteiger partial charge is 0.223 e. The minimum Gasteiger partial charge on any atom is -0.485 e. The molecular weight excluding hydrogens is 328 g/mol. The normalized spacial score (nSPS) is 22.7. The number of ether oxygens (including phenoxy) is 1. The van der Waals surface area contributed by atoms with Crippen molar-refractivity contribution in [3.05, 3.63) is 29.3 Å². The highest BCUT2D eigenvalue weighted by Crippen LogP contribution is 2.44. The average Bonchev–Trinajstić information content (AvgIpc) is 3.04. The summed E-state index contributed by atoms with van der Waals surface area (Å²) in [5.74, 6) is 0.680. The van der Waals surface area contributed by atoms with Crippen LogP contribution in [0.15, 0.2) is 18.2 Å². The lowest BCUT2D eigenvalue weighted by Gasteiger charge is -2.45. The van der Waals surface area contributed by atoms with E-state index in [-0.39, 0.29) is 5.91 Å². The number of amides is 1. The number of likely N-dealkylation sites (tertiary alicyclic amines) is 1. The summed E-state index contributed by atoms with van der Waals surface area (Å²) in [6, 6.07) is 6.79. The number of aliphatic hydroxyl groups excluding tert-OH is 1. The van der Waals surface area contributed by atoms with Gasteiger partial charge in [-0.05, 0) is 38.5 Å². The molecule has 5 nitrogen and oxygen atoms in total. The topological polar surface area (TPSA) is 73.6 Å². The van der Waals surface area contributed by atoms with Crippen LogP contribution in [0.3, 0.4) is 0 Å². The minimum absolute atomic E-state index is 0.0464. The largest absolute Gasteiger partial charge is 0.485 e. The first-order valence-electron chi connectivity index (χ1n) is 9.56. The molecule has 2 heterocycles. The summed E-state index contributed by atoms with van der Waals surface area (Å²) in [6.07, 6.45) is 1.73. The maximum Gasteiger partial charge on any atom is 0.223 e. The Morgan fingerprint density at radius 3 is 2.46 bits per heavy atom. The van der Waals surface area contributed by atoms with Gasteiger partial charge in [0.1, 0.15) is 17.5 Å². The lowest BCUT2D eigenvalue weighted by atomic mass is 9.85. The SMILES string of the molecule is CC.CC1(C)Oc2ccc(C#N)cc2C(N2CCCC2=O)C1O.CCC. The summed E-state index contributed by atoms with van der Waals surface area (Å²) in [4.78, 5) is 13.8. The molecule has 0 spiro atoms. The molecule has 1 aromatic carbocycles. The van der Waals surface area contributed by atoms with E-state index in [9.17, 15) is 9.90 Å². The van der Waals surface area contributed by atoms with Crippen molar-refractivity contribution in [3.63, 3.8) is 0 Å². The number of nitrogens with zero attached hydrogens (tertiary/aromatic N) is 2. The summed E-state index contributed by atoms with van der Waals surface area (Å²) in [6.45, 7) is 12.5. The fourth-order valence-electron chi connectivity index (χ4n) is 3.14. The zero-order chi connectivity index (χ0) is 19.9. The van der Waals surface area contributed by atoms with E-state index in [0.29, 0.717) is 24.3 Å². The summed E-state index contributed by atoms with van der Waals surface area (Å²) in [7, 11) is 0. The van der Waals surface area contributed by atoms with Gasteiger partial charge in [-0.3, -0.25) is 4.79 Å². The van der Waals surface area contributed by atoms with Gasteiger partial charge in [0.15, 0.2) is 0 Å². The maximum atomic E-state index is 12.1. The number of hydrogen-bond donors (Lipinski definition) is 1. The summed E-state index contributed by atoms with van der Waals surface area (Å²) in [5, 5.41) is 19.8. The molecule has 2 unspecified atom stereocenters. The molecule has 2 aliphatic heterocycles. The molecule has 5 heteroatoms. The fraction of sp³-hybridized carbons (Fsp3) is 0.619. The highest BCUT2D eigenvalue weighted by Gasteiger charge is 2.47. The van der Waals surface area contributed by atoms with Crippen molar-refractivity contribution in [1.29, 1.82) is 5.26 Å². The zero-order valence-corrected chi connectivity index (χ0v) is 16.9. The van der Waals surface area contributed by atoms with Gasteiger partial charge in [-0.2, -0.15) is 5.26 Å². The first-order valence-corrected chi connectivity index (χ1v) is 9.56. The lowest BCUT2D eigenvalue weighted by molar-refractivity contribution is -0.139. The first kappa shape index (κ1) is 22.0. The summed E-state index contributed by atoms with van der Waals surface area (Å²) < 4.78 is 5.86. The summed E-state index contributed by atoms with van der Waals surface area (Å²) >= 11 is 0. The van der Waals surface area contributed by atoms with E-state index >= 15 is 0 Å². The highest BCUT2D eigenvalue weighted by molar-refractivity contribution is 5.79. The van der Waals surface area contributed by atoms with Gasteiger partial charge in [0, 0.05) is 18.5 Å². The van der Waals surface area contributed by atoms with Crippen molar-refractivity contribution in [2.45, 2.75) is 78.6 Å². The molecular formula is C21H32N2O3. The van der Waals surface area contributed by atoms with Crippen LogP contribution in [-0.2, 0) is 4.79 Å². The molecule has 0 saturated carbocycles. The lowest BCUT2D eigenvalue weighted by Crippen LogP contribution is -2.53. The number of nitriles is 1. The Kier molecular flexibility index (Phi) is 8.10. The summed E-state index contributed by atoms with van der Waals surface area (Å²) in [5.41, 5.74) is 0.436. The van der Waals surface area contributed by atoms with Gasteiger partial charge >= 0.3 is 0 Å². The molecule has 3 rings (SSSR count). The molecule has 1 aromatic rings. The third-order valence-corrected chi connectivity index (χ3v) is 4.29. The van der Waals surface area contributed by atoms with Gasteiger partial charge in [0.05, 0.1) is 17.7 Å². The molecule has 1 saturated heterocycles. The molecule has 144 valence electrons. The monoisotopic (exact) mass is 360 g/mol. The van der Waals surface area contributed by atoms with Gasteiger partial charge in [-0.1, -0.05) is 34.1 Å². The van der Waals surface area contributed by atoms with Crippen molar-refractivity contribution in [2.24, 2.45) is 0 Å². The Balaban J connectivity index is 0.000000615. The molecule has 0 aromatic heterocycles. The van der Waals surface area contributed by atoms with Crippen LogP contribution >= 0.6 is 0 Å². The van der Waals surface area contributed by atoms with E-state index in [1.54, 1.807) is 23.1 Å². The van der Waals surface area contributed by atoms with Crippen LogP contribution in [0.1, 0.15) is 78.0 Å². The van der Waals surface area contributed by atoms with E-state index in [4.69, 9.17) is 10.00 Å². The molecule has 1 amide bonds. The number of hydrogen-bond acceptors (Lipinski definition) is 4. The van der Waals surface area contributed by atoms with Crippen LogP contribution in [0, 0.1) is 11.3 Å². The average molecular weight is 360 g/mol. The Hall–Kier alpha value is -2.06. The van der Waals surface area contributed by atoms with Gasteiger partial charge in [0.25, 0.3) is 0 Å². The second-order valence-electron chi connectivity index (χ2n) is 6.86. The van der Waals surface area contributed by atoms with Crippen LogP contribution in [0.2, 0.25) is 0 Å². The Morgan fingerprint density at radius 1 is 1.35 bits per heavy atom. The number of carbonyl (C=O) groups is 1. The number of fused-ring (bicyclic) bond motifs is 1. The predicted octanol–water partition coefficient (Wildman–Crippen LogP) is 4.20. The van der Waals surface area contributed by atoms with Crippen molar-refractivity contribution in [3.8, 4) is 11.8 Å². The first-order chi connectivity index (χ1) is 12.4. The molecule has 26 heavy (non-hydrogen) atoms. The van der Waals surface area contributed by atoms with Gasteiger partial charge in [-0.25, -0.2) is 0 Å². The van der Waals surface area contributed by atoms with E-state index in [1.165, 1.54) is 6.42 Å². The van der Waals surface area contributed by atoms with Crippen LogP contribution in [0.25, 0.3) is 0 Å². The van der Waals surface area contributed by atoms with Crippen molar-refractivity contribution in [1.82, 2.24) is 4.90 Å². The standard InChI is InChI=1S/C16H18N2O3.C3H8.C2H6/c1-16(2)15(20)14(18-7-3-4-13(18)19)11-8-10(9-17)5-6-12(11)21-16;1-3-2;1-2/h5-6,8,14-15,20H,3-4,7H2,1-2H3;3H2,1-2H3;1-2H3. The van der Waals surface area contributed by atoms with Crippen LogP contribution in [-0.4, -0.2) is 34.2 Å². The van der Waals surface area contributed by atoms with Gasteiger partial charge < -0.3 is 14.7 Å². The molecule has 2 aliphatic rings. The number of carbonyl (C=O) groups excluding carboxylic acids is 1. The third kappa shape index (κ3) is 4.56. The van der Waals surface area contributed by atoms with Crippen LogP contribution in [0.4, 0.5) is 0 Å². The van der Waals surface area contributed by atoms with E-state index in [0.717, 1.165) is 12.0 Å². The zero-order valence-electron chi connectivity index (χ0n) is 16.9. The predicted molar refractivity (Wildman–Crippen MR) is 103 cm³/mol. The highest BCUT2D eigenvalue weighted by atomic mass is 16.5. The van der Waals surface area contributed by atoms with E-state index < -0.39 is 17.7 Å². The molecule has 0 bridgehead atoms. The van der Waals surface area contributed by atoms with Crippen LogP contribution < -0.4 is 4.74 Å². The molecule has 1 N–H and O–H groups in total. The van der Waals surface area contributed by atoms with Gasteiger partial charge in [0.2, 0.25) is 5.91 Å². The third-order valence-electron chi connectivity index (χ3n) is 4.29. The van der Waals surface area contributed by atoms with Crippen molar-refractivity contribution >= 4 is 5.91 Å². The molecule has 0 aliphatic carbocycles. The minimum atomic E-state index is -0.832. The number of aliphatic hydroxyl groups is 1.